The van der Waals surface area contributed by atoms with Crippen LogP contribution in [0.25, 0.3) is 10.9 Å². The van der Waals surface area contributed by atoms with Crippen LogP contribution >= 0.6 is 0 Å². The largest absolute Gasteiger partial charge is 0.497 e. The fourth-order valence-corrected chi connectivity index (χ4v) is 8.08. The number of carbonyl (C=O) groups excluding carboxylic acids is 3. The number of rotatable bonds is 2. The van der Waals surface area contributed by atoms with Crippen LogP contribution in [0, 0.1) is 29.1 Å². The number of fused-ring (bicyclic) bond motifs is 7. The van der Waals surface area contributed by atoms with Gasteiger partial charge in [-0.15, -0.1) is 0 Å². The molecule has 8 atom stereocenters. The molecule has 1 aromatic carbocycles. The predicted molar refractivity (Wildman–Crippen MR) is 167 cm³/mol. The van der Waals surface area contributed by atoms with Crippen LogP contribution < -0.4 is 14.8 Å². The van der Waals surface area contributed by atoms with Gasteiger partial charge in [-0.2, -0.15) is 0 Å². The first-order chi connectivity index (χ1) is 20.9. The minimum absolute atomic E-state index is 0.215. The third kappa shape index (κ3) is 5.74. The number of nitrogens with zero attached hydrogens (tertiary/aromatic N) is 2. The van der Waals surface area contributed by atoms with E-state index in [1.54, 1.807) is 12.0 Å². The predicted octanol–water partition coefficient (Wildman–Crippen LogP) is 5.71. The molecule has 0 radical (unpaired) electrons. The zero-order valence-electron chi connectivity index (χ0n) is 26.9. The van der Waals surface area contributed by atoms with Crippen LogP contribution in [0.3, 0.4) is 0 Å². The summed E-state index contributed by atoms with van der Waals surface area (Å²) in [6, 6.07) is 6.44. The van der Waals surface area contributed by atoms with E-state index in [-0.39, 0.29) is 18.4 Å². The zero-order valence-corrected chi connectivity index (χ0v) is 26.9. The van der Waals surface area contributed by atoms with Gasteiger partial charge >= 0.3 is 6.09 Å². The SMILES string of the molecule is COc1ccc2cc3c(nc2c1)O[C@H]1CN(C(=O)[C@H](C(C)(C)C)NC(=O)O[C@]2(C)CC4CC4[C@H]2CCCCC3)[C@H](C=O)[C@@H]1C. The van der Waals surface area contributed by atoms with Crippen LogP contribution in [-0.4, -0.2) is 65.6 Å². The van der Waals surface area contributed by atoms with Crippen molar-refractivity contribution in [3.8, 4) is 11.6 Å². The zero-order chi connectivity index (χ0) is 31.4. The standard InChI is InChI=1S/C35H47N3O6/c1-20-28(19-39)38-18-29(20)43-31-22(14-21-12-13-24(42-6)16-27(21)36-31)10-8-7-9-11-26-25-15-23(25)17-35(26,5)44-33(41)37-30(32(38)40)34(2,3)4/h12-14,16,19-20,23,25-26,28-30H,7-11,15,17-18H2,1-6H3,(H,37,41)/t20-,23?,25?,26+,28+,29-,30+,35+/m0/s1. The van der Waals surface area contributed by atoms with Gasteiger partial charge < -0.3 is 29.2 Å². The number of ether oxygens (including phenoxy) is 3. The number of nitrogens with one attached hydrogen (secondary N) is 1. The fourth-order valence-electron chi connectivity index (χ4n) is 8.08. The number of pyridine rings is 1. The van der Waals surface area contributed by atoms with E-state index in [2.05, 4.69) is 18.3 Å². The highest BCUT2D eigenvalue weighted by Crippen LogP contribution is 2.62. The molecule has 2 saturated carbocycles. The molecule has 1 aromatic heterocycles. The summed E-state index contributed by atoms with van der Waals surface area (Å²) in [5.41, 5.74) is 0.638. The van der Waals surface area contributed by atoms with Gasteiger partial charge in [0, 0.05) is 28.9 Å². The molecule has 3 heterocycles. The Bertz CT molecular complexity index is 1440. The number of benzene rings is 1. The third-order valence-corrected chi connectivity index (χ3v) is 10.7. The summed E-state index contributed by atoms with van der Waals surface area (Å²) >= 11 is 0. The average Bonchev–Trinajstić information content (AvgIpc) is 3.56. The minimum Gasteiger partial charge on any atom is -0.497 e. The van der Waals surface area contributed by atoms with E-state index in [0.29, 0.717) is 29.4 Å². The van der Waals surface area contributed by atoms with E-state index >= 15 is 0 Å². The van der Waals surface area contributed by atoms with Crippen LogP contribution in [0.1, 0.15) is 78.7 Å². The second-order valence-electron chi connectivity index (χ2n) is 14.9. The smallest absolute Gasteiger partial charge is 0.408 e. The number of carbonyl (C=O) groups is 3. The lowest BCUT2D eigenvalue weighted by Crippen LogP contribution is -2.57. The van der Waals surface area contributed by atoms with Gasteiger partial charge in [0.2, 0.25) is 11.8 Å². The van der Waals surface area contributed by atoms with Crippen LogP contribution in [0.15, 0.2) is 24.3 Å². The van der Waals surface area contributed by atoms with E-state index in [4.69, 9.17) is 19.2 Å². The summed E-state index contributed by atoms with van der Waals surface area (Å²) < 4.78 is 18.3. The summed E-state index contributed by atoms with van der Waals surface area (Å²) in [6.07, 6.45) is 6.82. The van der Waals surface area contributed by atoms with Crippen LogP contribution in [0.5, 0.6) is 11.6 Å². The molecule has 238 valence electrons. The van der Waals surface area contributed by atoms with Crippen molar-refractivity contribution in [1.29, 1.82) is 0 Å². The maximum atomic E-state index is 14.2. The Morgan fingerprint density at radius 3 is 2.68 bits per heavy atom. The Hall–Kier alpha value is -3.36. The second kappa shape index (κ2) is 11.5. The van der Waals surface area contributed by atoms with Gasteiger partial charge in [0.25, 0.3) is 0 Å². The molecule has 2 amide bonds. The van der Waals surface area contributed by atoms with Gasteiger partial charge in [0.15, 0.2) is 0 Å². The summed E-state index contributed by atoms with van der Waals surface area (Å²) in [4.78, 5) is 46.6. The molecule has 2 aromatic rings. The van der Waals surface area contributed by atoms with Crippen molar-refractivity contribution in [3.05, 3.63) is 29.8 Å². The molecule has 2 aliphatic heterocycles. The fraction of sp³-hybridized carbons (Fsp3) is 0.657. The summed E-state index contributed by atoms with van der Waals surface area (Å²) in [5.74, 6) is 2.22. The lowest BCUT2D eigenvalue weighted by atomic mass is 9.83. The number of aryl methyl sites for hydroxylation is 1. The second-order valence-corrected chi connectivity index (χ2v) is 14.9. The molecule has 6 rings (SSSR count). The number of aromatic nitrogens is 1. The summed E-state index contributed by atoms with van der Waals surface area (Å²) in [5, 5.41) is 3.95. The molecule has 44 heavy (non-hydrogen) atoms. The molecule has 3 fully saturated rings. The van der Waals surface area contributed by atoms with Gasteiger partial charge in [0.05, 0.1) is 25.2 Å². The molecule has 4 aliphatic rings. The molecule has 9 heteroatoms. The van der Waals surface area contributed by atoms with Crippen molar-refractivity contribution in [2.75, 3.05) is 13.7 Å². The van der Waals surface area contributed by atoms with E-state index in [0.717, 1.165) is 61.3 Å². The highest BCUT2D eigenvalue weighted by molar-refractivity contribution is 5.89. The number of hydrogen-bond acceptors (Lipinski definition) is 7. The van der Waals surface area contributed by atoms with Gasteiger partial charge in [0.1, 0.15) is 29.8 Å². The lowest BCUT2D eigenvalue weighted by Gasteiger charge is -2.37. The molecule has 1 N–H and O–H groups in total. The number of hydrogen-bond donors (Lipinski definition) is 1. The van der Waals surface area contributed by atoms with Crippen molar-refractivity contribution >= 4 is 29.2 Å². The van der Waals surface area contributed by atoms with Crippen molar-refractivity contribution in [1.82, 2.24) is 15.2 Å². The van der Waals surface area contributed by atoms with E-state index in [1.165, 1.54) is 6.42 Å². The van der Waals surface area contributed by atoms with Gasteiger partial charge in [-0.05, 0) is 74.5 Å². The monoisotopic (exact) mass is 605 g/mol. The Balaban J connectivity index is 1.36. The topological polar surface area (TPSA) is 107 Å². The first-order valence-electron chi connectivity index (χ1n) is 16.3. The van der Waals surface area contributed by atoms with Gasteiger partial charge in [-0.1, -0.05) is 40.5 Å². The highest BCUT2D eigenvalue weighted by atomic mass is 16.6. The number of amides is 2. The normalized spacial score (nSPS) is 34.4. The summed E-state index contributed by atoms with van der Waals surface area (Å²) in [6.45, 7) is 9.97. The number of methoxy groups -OCH3 is 1. The van der Waals surface area contributed by atoms with E-state index in [1.807, 2.05) is 45.9 Å². The van der Waals surface area contributed by atoms with Crippen molar-refractivity contribution in [2.24, 2.45) is 29.1 Å². The molecular formula is C35H47N3O6. The Morgan fingerprint density at radius 1 is 1.16 bits per heavy atom. The quantitative estimate of drug-likeness (QED) is 0.437. The first-order valence-corrected chi connectivity index (χ1v) is 16.3. The van der Waals surface area contributed by atoms with E-state index in [9.17, 15) is 14.4 Å². The van der Waals surface area contributed by atoms with Crippen molar-refractivity contribution in [2.45, 2.75) is 103 Å². The van der Waals surface area contributed by atoms with Crippen molar-refractivity contribution in [3.63, 3.8) is 0 Å². The maximum Gasteiger partial charge on any atom is 0.408 e. The van der Waals surface area contributed by atoms with Gasteiger partial charge in [-0.3, -0.25) is 4.79 Å². The molecule has 2 unspecified atom stereocenters. The van der Waals surface area contributed by atoms with Crippen LogP contribution in [-0.2, 0) is 20.7 Å². The molecular weight excluding hydrogens is 558 g/mol. The van der Waals surface area contributed by atoms with Gasteiger partial charge in [-0.25, -0.2) is 9.78 Å². The highest BCUT2D eigenvalue weighted by Gasteiger charge is 2.60. The average molecular weight is 606 g/mol. The summed E-state index contributed by atoms with van der Waals surface area (Å²) in [7, 11) is 1.63. The molecule has 0 spiro atoms. The number of alkyl carbamates (subject to hydrolysis) is 1. The number of aldehydes is 1. The Labute approximate surface area is 260 Å². The first kappa shape index (κ1) is 30.7. The molecule has 9 nitrogen and oxygen atoms in total. The Kier molecular flexibility index (Phi) is 8.03. The van der Waals surface area contributed by atoms with Crippen molar-refractivity contribution < 1.29 is 28.6 Å². The third-order valence-electron chi connectivity index (χ3n) is 10.7. The molecule has 1 saturated heterocycles. The van der Waals surface area contributed by atoms with E-state index < -0.39 is 35.3 Å². The molecule has 2 bridgehead atoms. The van der Waals surface area contributed by atoms with Crippen LogP contribution in [0.4, 0.5) is 4.79 Å². The molecule has 2 aliphatic carbocycles. The van der Waals surface area contributed by atoms with Crippen LogP contribution in [0.2, 0.25) is 0 Å². The lowest BCUT2D eigenvalue weighted by molar-refractivity contribution is -0.139. The maximum absolute atomic E-state index is 14.2. The Morgan fingerprint density at radius 2 is 1.95 bits per heavy atom. The minimum atomic E-state index is -0.873.